The molecule has 1 N–H and O–H groups in total. The predicted molar refractivity (Wildman–Crippen MR) is 183 cm³/mol. The SMILES string of the molecule is CCOC(=O)Cc1ccc(OC2CCN(CC(O)(c3cn(Cc4cccc5ccccc45)c4cc(C#N)ccc34)C(F)(F)F)CC2)c(OC)c1. The van der Waals surface area contributed by atoms with Crippen molar-refractivity contribution in [3.8, 4) is 17.6 Å². The number of methoxy groups -OCH3 is 1. The molecule has 1 aliphatic rings. The van der Waals surface area contributed by atoms with E-state index in [-0.39, 0.29) is 55.7 Å². The summed E-state index contributed by atoms with van der Waals surface area (Å²) in [7, 11) is 1.50. The highest BCUT2D eigenvalue weighted by Crippen LogP contribution is 2.44. The molecule has 1 atom stereocenters. The molecule has 11 heteroatoms. The molecule has 0 aliphatic carbocycles. The number of aliphatic hydroxyl groups is 1. The number of hydrogen-bond acceptors (Lipinski definition) is 7. The maximum Gasteiger partial charge on any atom is 0.422 e. The Kier molecular flexibility index (Phi) is 10.0. The first-order chi connectivity index (χ1) is 24.0. The van der Waals surface area contributed by atoms with Crippen molar-refractivity contribution < 1.29 is 37.3 Å². The molecule has 2 heterocycles. The Hall–Kier alpha value is -5.05. The van der Waals surface area contributed by atoms with E-state index in [1.54, 1.807) is 40.7 Å². The van der Waals surface area contributed by atoms with Crippen molar-refractivity contribution in [3.63, 3.8) is 0 Å². The van der Waals surface area contributed by atoms with Crippen molar-refractivity contribution in [2.45, 2.75) is 50.6 Å². The van der Waals surface area contributed by atoms with Gasteiger partial charge in [-0.05, 0) is 65.9 Å². The summed E-state index contributed by atoms with van der Waals surface area (Å²) in [6.07, 6.45) is -2.96. The molecule has 0 amide bonds. The lowest BCUT2D eigenvalue weighted by atomic mass is 9.90. The lowest BCUT2D eigenvalue weighted by Crippen LogP contribution is -2.53. The number of likely N-dealkylation sites (tertiary alicyclic amines) is 1. The normalized spacial score (nSPS) is 15.5. The second kappa shape index (κ2) is 14.4. The van der Waals surface area contributed by atoms with Gasteiger partial charge in [-0.1, -0.05) is 54.6 Å². The van der Waals surface area contributed by atoms with Gasteiger partial charge in [-0.25, -0.2) is 0 Å². The second-order valence-corrected chi connectivity index (χ2v) is 12.6. The van der Waals surface area contributed by atoms with Gasteiger partial charge in [0.05, 0.1) is 37.3 Å². The van der Waals surface area contributed by atoms with Crippen LogP contribution in [0, 0.1) is 11.3 Å². The number of carbonyl (C=O) groups excluding carboxylic acids is 1. The number of piperidine rings is 1. The van der Waals surface area contributed by atoms with Gasteiger partial charge in [0, 0.05) is 43.3 Å². The van der Waals surface area contributed by atoms with Crippen molar-refractivity contribution in [1.82, 2.24) is 9.47 Å². The molecule has 260 valence electrons. The molecule has 4 aromatic carbocycles. The lowest BCUT2D eigenvalue weighted by Gasteiger charge is -2.39. The van der Waals surface area contributed by atoms with E-state index in [4.69, 9.17) is 14.2 Å². The molecule has 8 nitrogen and oxygen atoms in total. The minimum atomic E-state index is -4.99. The first-order valence-electron chi connectivity index (χ1n) is 16.5. The highest BCUT2D eigenvalue weighted by Gasteiger charge is 2.57. The van der Waals surface area contributed by atoms with E-state index >= 15 is 13.2 Å². The Labute approximate surface area is 288 Å². The third-order valence-electron chi connectivity index (χ3n) is 9.31. The van der Waals surface area contributed by atoms with Crippen LogP contribution in [0.3, 0.4) is 0 Å². The van der Waals surface area contributed by atoms with Crippen LogP contribution in [0.1, 0.15) is 42.0 Å². The third kappa shape index (κ3) is 7.13. The van der Waals surface area contributed by atoms with Crippen LogP contribution in [0.2, 0.25) is 0 Å². The molecule has 0 radical (unpaired) electrons. The summed E-state index contributed by atoms with van der Waals surface area (Å²) in [5, 5.41) is 23.5. The minimum Gasteiger partial charge on any atom is -0.493 e. The number of rotatable bonds is 11. The zero-order valence-corrected chi connectivity index (χ0v) is 27.9. The molecule has 1 aliphatic heterocycles. The van der Waals surface area contributed by atoms with E-state index < -0.39 is 18.3 Å². The Morgan fingerprint density at radius 3 is 2.46 bits per heavy atom. The fraction of sp³-hybridized carbons (Fsp3) is 0.333. The largest absolute Gasteiger partial charge is 0.493 e. The average Bonchev–Trinajstić information content (AvgIpc) is 3.47. The number of alkyl halides is 3. The van der Waals surface area contributed by atoms with E-state index in [2.05, 4.69) is 6.07 Å². The van der Waals surface area contributed by atoms with Crippen molar-refractivity contribution in [1.29, 1.82) is 5.26 Å². The maximum absolute atomic E-state index is 15.1. The number of halogens is 3. The number of nitrogens with zero attached hydrogens (tertiary/aromatic N) is 3. The Bertz CT molecular complexity index is 2040. The summed E-state index contributed by atoms with van der Waals surface area (Å²) < 4.78 is 63.6. The van der Waals surface area contributed by atoms with E-state index in [0.717, 1.165) is 16.3 Å². The molecule has 0 saturated carbocycles. The first-order valence-corrected chi connectivity index (χ1v) is 16.5. The summed E-state index contributed by atoms with van der Waals surface area (Å²) in [6.45, 7) is 2.14. The van der Waals surface area contributed by atoms with Gasteiger partial charge in [0.1, 0.15) is 6.10 Å². The lowest BCUT2D eigenvalue weighted by molar-refractivity contribution is -0.272. The molecule has 1 unspecified atom stereocenters. The summed E-state index contributed by atoms with van der Waals surface area (Å²) in [6, 6.07) is 25.4. The van der Waals surface area contributed by atoms with Crippen LogP contribution in [-0.4, -0.2) is 66.2 Å². The van der Waals surface area contributed by atoms with Crippen molar-refractivity contribution in [2.75, 3.05) is 33.4 Å². The van der Waals surface area contributed by atoms with E-state index in [1.165, 1.54) is 25.4 Å². The fourth-order valence-corrected chi connectivity index (χ4v) is 6.75. The number of hydrogen-bond donors (Lipinski definition) is 1. The van der Waals surface area contributed by atoms with Crippen LogP contribution in [0.5, 0.6) is 11.5 Å². The maximum atomic E-state index is 15.1. The topological polar surface area (TPSA) is 97.0 Å². The number of β-amino-alcohol motifs (C(OH)–C–C–N with tert-alkyl or cyclic N) is 1. The van der Waals surface area contributed by atoms with Crippen LogP contribution < -0.4 is 9.47 Å². The molecular weight excluding hydrogens is 647 g/mol. The van der Waals surface area contributed by atoms with Crippen LogP contribution >= 0.6 is 0 Å². The molecule has 0 bridgehead atoms. The van der Waals surface area contributed by atoms with Gasteiger partial charge in [0.25, 0.3) is 0 Å². The Morgan fingerprint density at radius 2 is 1.74 bits per heavy atom. The second-order valence-electron chi connectivity index (χ2n) is 12.6. The van der Waals surface area contributed by atoms with Gasteiger partial charge in [-0.3, -0.25) is 9.69 Å². The summed E-state index contributed by atoms with van der Waals surface area (Å²) >= 11 is 0. The molecule has 1 saturated heterocycles. The van der Waals surface area contributed by atoms with E-state index in [9.17, 15) is 15.2 Å². The van der Waals surface area contributed by atoms with Crippen LogP contribution in [0.15, 0.2) is 85.1 Å². The smallest absolute Gasteiger partial charge is 0.422 e. The number of nitriles is 1. The molecule has 6 rings (SSSR count). The van der Waals surface area contributed by atoms with Gasteiger partial charge >= 0.3 is 12.1 Å². The van der Waals surface area contributed by atoms with E-state index in [0.29, 0.717) is 41.0 Å². The number of esters is 1. The third-order valence-corrected chi connectivity index (χ3v) is 9.31. The van der Waals surface area contributed by atoms with Gasteiger partial charge in [-0.2, -0.15) is 18.4 Å². The predicted octanol–water partition coefficient (Wildman–Crippen LogP) is 7.12. The fourth-order valence-electron chi connectivity index (χ4n) is 6.75. The van der Waals surface area contributed by atoms with Gasteiger partial charge in [-0.15, -0.1) is 0 Å². The van der Waals surface area contributed by atoms with Gasteiger partial charge in [0.15, 0.2) is 11.5 Å². The number of benzene rings is 4. The molecule has 50 heavy (non-hydrogen) atoms. The minimum absolute atomic E-state index is 0.0896. The first kappa shape index (κ1) is 34.8. The number of carbonyl (C=O) groups is 1. The Balaban J connectivity index is 1.23. The molecule has 1 aromatic heterocycles. The summed E-state index contributed by atoms with van der Waals surface area (Å²) in [5.74, 6) is 0.567. The van der Waals surface area contributed by atoms with Gasteiger partial charge in [0.2, 0.25) is 5.60 Å². The average molecular weight is 686 g/mol. The summed E-state index contributed by atoms with van der Waals surface area (Å²) in [5.41, 5.74) is -1.09. The number of ether oxygens (including phenoxy) is 3. The highest BCUT2D eigenvalue weighted by molar-refractivity contribution is 5.88. The monoisotopic (exact) mass is 685 g/mol. The molecular formula is C39H38F3N3O5. The zero-order valence-electron chi connectivity index (χ0n) is 27.9. The molecule has 1 fully saturated rings. The van der Waals surface area contributed by atoms with Crippen LogP contribution in [0.4, 0.5) is 13.2 Å². The highest BCUT2D eigenvalue weighted by atomic mass is 19.4. The molecule has 0 spiro atoms. The molecule has 5 aromatic rings. The Morgan fingerprint density at radius 1 is 0.980 bits per heavy atom. The van der Waals surface area contributed by atoms with Crippen molar-refractivity contribution in [2.24, 2.45) is 0 Å². The summed E-state index contributed by atoms with van der Waals surface area (Å²) in [4.78, 5) is 13.5. The standard InChI is InChI=1S/C39H38F3N3O5/c1-3-49-37(46)21-26-12-14-35(36(20-26)48-2)50-30-15-17-44(18-16-30)25-38(47,39(40,41)42)33-24-45(34-19-27(22-43)11-13-32(33)34)23-29-9-6-8-28-7-4-5-10-31(28)29/h4-14,19-20,24,30,47H,3,15-18,21,23,25H2,1-2H3. The van der Waals surface area contributed by atoms with Gasteiger partial charge < -0.3 is 23.9 Å². The quantitative estimate of drug-likeness (QED) is 0.148. The van der Waals surface area contributed by atoms with Crippen LogP contribution in [-0.2, 0) is 28.1 Å². The van der Waals surface area contributed by atoms with Crippen LogP contribution in [0.25, 0.3) is 21.7 Å². The van der Waals surface area contributed by atoms with E-state index in [1.807, 2.05) is 42.5 Å². The number of fused-ring (bicyclic) bond motifs is 2. The zero-order chi connectivity index (χ0) is 35.5. The van der Waals surface area contributed by atoms with Crippen molar-refractivity contribution in [3.05, 3.63) is 107 Å². The number of aromatic nitrogens is 1. The van der Waals surface area contributed by atoms with Crippen molar-refractivity contribution >= 4 is 27.6 Å².